The molecule has 0 saturated carbocycles. The molecule has 0 unspecified atom stereocenters. The van der Waals surface area contributed by atoms with Crippen molar-refractivity contribution in [1.82, 2.24) is 0 Å². The van der Waals surface area contributed by atoms with Crippen molar-refractivity contribution in [2.75, 3.05) is 7.11 Å². The van der Waals surface area contributed by atoms with E-state index < -0.39 is 0 Å². The summed E-state index contributed by atoms with van der Waals surface area (Å²) >= 11 is 5.82. The molecule has 0 spiro atoms. The molecule has 0 aliphatic carbocycles. The second kappa shape index (κ2) is 4.98. The summed E-state index contributed by atoms with van der Waals surface area (Å²) in [7, 11) is 1.37. The van der Waals surface area contributed by atoms with Gasteiger partial charge in [-0.1, -0.05) is 23.7 Å². The smallest absolute Gasteiger partial charge is 0.311 e. The second-order valence-corrected chi connectivity index (χ2v) is 3.47. The summed E-state index contributed by atoms with van der Waals surface area (Å²) in [6, 6.07) is 7.22. The zero-order valence-electron chi connectivity index (χ0n) is 8.00. The second-order valence-electron chi connectivity index (χ2n) is 3.03. The third-order valence-corrected chi connectivity index (χ3v) is 2.20. The Hall–Kier alpha value is -1.06. The minimum atomic E-state index is -0.259. The van der Waals surface area contributed by atoms with E-state index in [2.05, 4.69) is 10.5 Å². The molecule has 0 aromatic heterocycles. The van der Waals surface area contributed by atoms with Crippen LogP contribution in [-0.2, 0) is 9.53 Å². The molecule has 0 aliphatic rings. The van der Waals surface area contributed by atoms with Crippen LogP contribution in [0.2, 0.25) is 5.02 Å². The summed E-state index contributed by atoms with van der Waals surface area (Å²) in [4.78, 5) is 11.0. The molecule has 3 N–H and O–H groups in total. The van der Waals surface area contributed by atoms with Crippen molar-refractivity contribution in [3.63, 3.8) is 0 Å². The van der Waals surface area contributed by atoms with Gasteiger partial charge in [-0.25, -0.2) is 0 Å². The van der Waals surface area contributed by atoms with E-state index in [1.54, 1.807) is 6.07 Å². The maximum absolute atomic E-state index is 11.0. The van der Waals surface area contributed by atoms with Gasteiger partial charge in [-0.2, -0.15) is 0 Å². The number of benzene rings is 1. The third kappa shape index (κ3) is 3.01. The Morgan fingerprint density at radius 2 is 2.36 bits per heavy atom. The zero-order valence-corrected chi connectivity index (χ0v) is 8.75. The van der Waals surface area contributed by atoms with Gasteiger partial charge in [-0.15, -0.1) is 0 Å². The molecule has 0 aliphatic heterocycles. The van der Waals surface area contributed by atoms with Crippen LogP contribution in [-0.4, -0.2) is 13.1 Å². The molecule has 1 aromatic rings. The number of rotatable bonds is 3. The molecule has 76 valence electrons. The Kier molecular flexibility index (Phi) is 3.92. The van der Waals surface area contributed by atoms with Crippen molar-refractivity contribution in [2.24, 2.45) is 0 Å². The van der Waals surface area contributed by atoms with Crippen molar-refractivity contribution in [2.45, 2.75) is 12.5 Å². The number of hydrogen-bond donors (Lipinski definition) is 1. The van der Waals surface area contributed by atoms with Crippen LogP contribution in [0.25, 0.3) is 0 Å². The molecule has 1 atom stereocenters. The van der Waals surface area contributed by atoms with Crippen LogP contribution in [0.15, 0.2) is 24.3 Å². The molecular weight excluding hydrogens is 202 g/mol. The fourth-order valence-corrected chi connectivity index (χ4v) is 1.36. The van der Waals surface area contributed by atoms with E-state index in [1.807, 2.05) is 18.2 Å². The maximum Gasteiger partial charge on any atom is 0.311 e. The Balaban J connectivity index is 2.69. The summed E-state index contributed by atoms with van der Waals surface area (Å²) < 4.78 is 4.56. The predicted octanol–water partition coefficient (Wildman–Crippen LogP) is 1.19. The van der Waals surface area contributed by atoms with Crippen LogP contribution in [0.3, 0.4) is 0 Å². The highest BCUT2D eigenvalue weighted by Crippen LogP contribution is 2.17. The molecule has 0 saturated heterocycles. The normalized spacial score (nSPS) is 12.2. The van der Waals surface area contributed by atoms with Crippen molar-refractivity contribution in [3.05, 3.63) is 34.9 Å². The van der Waals surface area contributed by atoms with Gasteiger partial charge in [0.2, 0.25) is 0 Å². The topological polar surface area (TPSA) is 53.9 Å². The number of ether oxygens (including phenoxy) is 1. The fraction of sp³-hybridized carbons (Fsp3) is 0.300. The molecule has 0 amide bonds. The minimum absolute atomic E-state index is 0.110. The molecular formula is C10H13ClNO2+. The number of hydrogen-bond acceptors (Lipinski definition) is 2. The van der Waals surface area contributed by atoms with Gasteiger partial charge in [-0.3, -0.25) is 4.79 Å². The summed E-state index contributed by atoms with van der Waals surface area (Å²) in [6.45, 7) is 0. The van der Waals surface area contributed by atoms with Gasteiger partial charge in [0.1, 0.15) is 12.5 Å². The van der Waals surface area contributed by atoms with Gasteiger partial charge in [0.25, 0.3) is 0 Å². The Morgan fingerprint density at radius 3 is 2.93 bits per heavy atom. The first-order chi connectivity index (χ1) is 6.63. The highest BCUT2D eigenvalue weighted by atomic mass is 35.5. The van der Waals surface area contributed by atoms with E-state index in [0.717, 1.165) is 5.56 Å². The molecule has 4 heteroatoms. The number of carbonyl (C=O) groups excluding carboxylic acids is 1. The van der Waals surface area contributed by atoms with Crippen LogP contribution in [0, 0.1) is 0 Å². The van der Waals surface area contributed by atoms with Crippen LogP contribution >= 0.6 is 11.6 Å². The van der Waals surface area contributed by atoms with Crippen molar-refractivity contribution < 1.29 is 15.3 Å². The van der Waals surface area contributed by atoms with E-state index in [4.69, 9.17) is 11.6 Å². The lowest BCUT2D eigenvalue weighted by atomic mass is 10.1. The molecule has 1 rings (SSSR count). The highest BCUT2D eigenvalue weighted by Gasteiger charge is 2.15. The molecule has 0 fully saturated rings. The lowest BCUT2D eigenvalue weighted by Crippen LogP contribution is -2.54. The van der Waals surface area contributed by atoms with Gasteiger partial charge in [0.15, 0.2) is 0 Å². The number of carbonyl (C=O) groups is 1. The molecule has 14 heavy (non-hydrogen) atoms. The predicted molar refractivity (Wildman–Crippen MR) is 53.7 cm³/mol. The van der Waals surface area contributed by atoms with E-state index in [1.165, 1.54) is 7.11 Å². The van der Waals surface area contributed by atoms with Gasteiger partial charge in [0, 0.05) is 10.6 Å². The van der Waals surface area contributed by atoms with Crippen molar-refractivity contribution in [1.29, 1.82) is 0 Å². The van der Waals surface area contributed by atoms with Crippen LogP contribution in [0.5, 0.6) is 0 Å². The number of esters is 1. The first kappa shape index (κ1) is 11.0. The Labute approximate surface area is 87.8 Å². The van der Waals surface area contributed by atoms with E-state index in [-0.39, 0.29) is 18.4 Å². The first-order valence-electron chi connectivity index (χ1n) is 4.29. The van der Waals surface area contributed by atoms with Gasteiger partial charge < -0.3 is 10.5 Å². The Bertz CT molecular complexity index is 328. The lowest BCUT2D eigenvalue weighted by Gasteiger charge is -2.07. The molecule has 0 heterocycles. The zero-order chi connectivity index (χ0) is 10.6. The molecule has 0 bridgehead atoms. The number of quaternary nitrogens is 1. The fourth-order valence-electron chi connectivity index (χ4n) is 1.16. The van der Waals surface area contributed by atoms with Crippen molar-refractivity contribution in [3.8, 4) is 0 Å². The van der Waals surface area contributed by atoms with E-state index in [0.29, 0.717) is 5.02 Å². The standard InChI is InChI=1S/C10H12ClNO2/c1-14-10(13)6-9(12)7-3-2-4-8(11)5-7/h2-5,9H,6,12H2,1H3/p+1/t9-/m1/s1. The summed E-state index contributed by atoms with van der Waals surface area (Å²) in [5, 5.41) is 0.654. The number of methoxy groups -OCH3 is 1. The highest BCUT2D eigenvalue weighted by molar-refractivity contribution is 6.30. The van der Waals surface area contributed by atoms with Gasteiger partial charge >= 0.3 is 5.97 Å². The van der Waals surface area contributed by atoms with E-state index >= 15 is 0 Å². The summed E-state index contributed by atoms with van der Waals surface area (Å²) in [6.07, 6.45) is 0.275. The summed E-state index contributed by atoms with van der Waals surface area (Å²) in [5.41, 5.74) is 4.82. The SMILES string of the molecule is COC(=O)C[C@@H]([NH3+])c1cccc(Cl)c1. The van der Waals surface area contributed by atoms with Crippen LogP contribution in [0.4, 0.5) is 0 Å². The largest absolute Gasteiger partial charge is 0.469 e. The van der Waals surface area contributed by atoms with E-state index in [9.17, 15) is 4.79 Å². The quantitative estimate of drug-likeness (QED) is 0.769. The molecule has 1 aromatic carbocycles. The minimum Gasteiger partial charge on any atom is -0.469 e. The molecule has 0 radical (unpaired) electrons. The maximum atomic E-state index is 11.0. The average Bonchev–Trinajstić information content (AvgIpc) is 2.17. The Morgan fingerprint density at radius 1 is 1.64 bits per heavy atom. The van der Waals surface area contributed by atoms with Gasteiger partial charge in [-0.05, 0) is 12.1 Å². The number of halogens is 1. The average molecular weight is 215 g/mol. The van der Waals surface area contributed by atoms with Gasteiger partial charge in [0.05, 0.1) is 7.11 Å². The van der Waals surface area contributed by atoms with Crippen LogP contribution < -0.4 is 5.73 Å². The van der Waals surface area contributed by atoms with Crippen molar-refractivity contribution >= 4 is 17.6 Å². The lowest BCUT2D eigenvalue weighted by molar-refractivity contribution is -0.425. The molecule has 3 nitrogen and oxygen atoms in total. The third-order valence-electron chi connectivity index (χ3n) is 1.96. The monoisotopic (exact) mass is 214 g/mol. The summed E-state index contributed by atoms with van der Waals surface area (Å²) in [5.74, 6) is -0.259. The first-order valence-corrected chi connectivity index (χ1v) is 4.66. The van der Waals surface area contributed by atoms with Crippen LogP contribution in [0.1, 0.15) is 18.0 Å².